The number of amides is 1. The number of nitrogens with two attached hydrogens (primary N) is 1. The molecule has 1 amide bonds. The van der Waals surface area contributed by atoms with E-state index in [4.69, 9.17) is 28.9 Å². The molecule has 12 heavy (non-hydrogen) atoms. The standard InChI is InChI=1S/C8H11Cl2NO/c9-8(10,7(11)12)5-6-3-1-2-4-6/h1-2,6H,3-5H2,(H2,11,12). The van der Waals surface area contributed by atoms with Crippen molar-refractivity contribution < 1.29 is 4.79 Å². The normalized spacial score (nSPS) is 18.5. The van der Waals surface area contributed by atoms with E-state index in [1.165, 1.54) is 0 Å². The summed E-state index contributed by atoms with van der Waals surface area (Å²) in [5.74, 6) is -0.287. The first-order valence-corrected chi connectivity index (χ1v) is 4.60. The molecule has 1 aliphatic carbocycles. The molecule has 0 atom stereocenters. The number of rotatable bonds is 3. The number of halogens is 2. The number of allylic oxidation sites excluding steroid dienone is 2. The lowest BCUT2D eigenvalue weighted by Crippen LogP contribution is -2.34. The quantitative estimate of drug-likeness (QED) is 0.559. The van der Waals surface area contributed by atoms with Crippen molar-refractivity contribution >= 4 is 29.1 Å². The van der Waals surface area contributed by atoms with E-state index in [2.05, 4.69) is 12.2 Å². The Labute approximate surface area is 81.7 Å². The van der Waals surface area contributed by atoms with Crippen molar-refractivity contribution in [1.29, 1.82) is 0 Å². The van der Waals surface area contributed by atoms with Gasteiger partial charge < -0.3 is 5.73 Å². The van der Waals surface area contributed by atoms with E-state index >= 15 is 0 Å². The van der Waals surface area contributed by atoms with Gasteiger partial charge >= 0.3 is 0 Å². The zero-order chi connectivity index (χ0) is 9.19. The highest BCUT2D eigenvalue weighted by Gasteiger charge is 2.34. The Kier molecular flexibility index (Phi) is 3.02. The Morgan fingerprint density at radius 3 is 2.42 bits per heavy atom. The fourth-order valence-corrected chi connectivity index (χ4v) is 1.74. The molecule has 0 aliphatic heterocycles. The number of carbonyl (C=O) groups is 1. The zero-order valence-electron chi connectivity index (χ0n) is 6.59. The van der Waals surface area contributed by atoms with Crippen molar-refractivity contribution in [1.82, 2.24) is 0 Å². The zero-order valence-corrected chi connectivity index (χ0v) is 8.11. The van der Waals surface area contributed by atoms with Crippen molar-refractivity contribution in [3.63, 3.8) is 0 Å². The number of alkyl halides is 2. The highest BCUT2D eigenvalue weighted by Crippen LogP contribution is 2.34. The second kappa shape index (κ2) is 3.67. The van der Waals surface area contributed by atoms with Gasteiger partial charge in [0.1, 0.15) is 0 Å². The monoisotopic (exact) mass is 207 g/mol. The van der Waals surface area contributed by atoms with Crippen LogP contribution in [0.1, 0.15) is 19.3 Å². The Bertz CT molecular complexity index is 205. The van der Waals surface area contributed by atoms with E-state index in [0.29, 0.717) is 12.3 Å². The average molecular weight is 208 g/mol. The van der Waals surface area contributed by atoms with Crippen molar-refractivity contribution in [3.05, 3.63) is 12.2 Å². The lowest BCUT2D eigenvalue weighted by atomic mass is 10.0. The molecule has 0 heterocycles. The molecular weight excluding hydrogens is 197 g/mol. The molecule has 0 saturated carbocycles. The van der Waals surface area contributed by atoms with Crippen LogP contribution in [0.15, 0.2) is 12.2 Å². The van der Waals surface area contributed by atoms with Gasteiger partial charge in [-0.25, -0.2) is 0 Å². The third-order valence-electron chi connectivity index (χ3n) is 2.01. The molecule has 0 aromatic carbocycles. The first-order chi connectivity index (χ1) is 5.52. The highest BCUT2D eigenvalue weighted by atomic mass is 35.5. The van der Waals surface area contributed by atoms with E-state index < -0.39 is 10.2 Å². The molecule has 0 saturated heterocycles. The van der Waals surface area contributed by atoms with Crippen molar-refractivity contribution in [2.45, 2.75) is 23.6 Å². The Morgan fingerprint density at radius 1 is 1.50 bits per heavy atom. The topological polar surface area (TPSA) is 43.1 Å². The molecule has 0 spiro atoms. The van der Waals surface area contributed by atoms with E-state index in [-0.39, 0.29) is 0 Å². The summed E-state index contributed by atoms with van der Waals surface area (Å²) in [5, 5.41) is 0. The summed E-state index contributed by atoms with van der Waals surface area (Å²) in [6.07, 6.45) is 6.45. The Hall–Kier alpha value is -0.210. The molecule has 0 unspecified atom stereocenters. The number of carbonyl (C=O) groups excluding carboxylic acids is 1. The van der Waals surface area contributed by atoms with Crippen molar-refractivity contribution in [2.24, 2.45) is 11.7 Å². The van der Waals surface area contributed by atoms with E-state index in [0.717, 1.165) is 12.8 Å². The summed E-state index contributed by atoms with van der Waals surface area (Å²) in [5.41, 5.74) is 5.03. The van der Waals surface area contributed by atoms with Gasteiger partial charge in [0.25, 0.3) is 5.91 Å². The summed E-state index contributed by atoms with van der Waals surface area (Å²) < 4.78 is -1.39. The summed E-state index contributed by atoms with van der Waals surface area (Å²) in [7, 11) is 0. The fourth-order valence-electron chi connectivity index (χ4n) is 1.30. The molecule has 0 bridgehead atoms. The van der Waals surface area contributed by atoms with Crippen LogP contribution in [0.3, 0.4) is 0 Å². The van der Waals surface area contributed by atoms with Gasteiger partial charge in [0.15, 0.2) is 4.33 Å². The predicted molar refractivity (Wildman–Crippen MR) is 50.1 cm³/mol. The minimum absolute atomic E-state index is 0.368. The van der Waals surface area contributed by atoms with Crippen LogP contribution in [-0.2, 0) is 4.79 Å². The maximum absolute atomic E-state index is 10.7. The van der Waals surface area contributed by atoms with Crippen molar-refractivity contribution in [2.75, 3.05) is 0 Å². The molecular formula is C8H11Cl2NO. The van der Waals surface area contributed by atoms with Crippen molar-refractivity contribution in [3.8, 4) is 0 Å². The third-order valence-corrected chi connectivity index (χ3v) is 2.69. The minimum atomic E-state index is -1.39. The third kappa shape index (κ3) is 2.39. The minimum Gasteiger partial charge on any atom is -0.367 e. The van der Waals surface area contributed by atoms with E-state index in [1.54, 1.807) is 0 Å². The van der Waals surface area contributed by atoms with Crippen LogP contribution in [-0.4, -0.2) is 10.2 Å². The van der Waals surface area contributed by atoms with Crippen LogP contribution in [0.5, 0.6) is 0 Å². The van der Waals surface area contributed by atoms with E-state index in [9.17, 15) is 4.79 Å². The molecule has 1 rings (SSSR count). The van der Waals surface area contributed by atoms with Crippen LogP contribution >= 0.6 is 23.2 Å². The van der Waals surface area contributed by atoms with Gasteiger partial charge in [-0.15, -0.1) is 0 Å². The lowest BCUT2D eigenvalue weighted by Gasteiger charge is -2.19. The highest BCUT2D eigenvalue weighted by molar-refractivity contribution is 6.57. The first kappa shape index (κ1) is 9.87. The number of primary amides is 1. The van der Waals surface area contributed by atoms with Gasteiger partial charge in [0.05, 0.1) is 0 Å². The molecule has 0 aromatic rings. The maximum Gasteiger partial charge on any atom is 0.253 e. The predicted octanol–water partition coefficient (Wildman–Crippen LogP) is 2.00. The lowest BCUT2D eigenvalue weighted by molar-refractivity contribution is -0.119. The number of hydrogen-bond donors (Lipinski definition) is 1. The SMILES string of the molecule is NC(=O)C(Cl)(Cl)CC1CC=CC1. The Morgan fingerprint density at radius 2 is 2.00 bits per heavy atom. The molecule has 0 fully saturated rings. The van der Waals surface area contributed by atoms with Gasteiger partial charge in [-0.2, -0.15) is 0 Å². The van der Waals surface area contributed by atoms with Crippen LogP contribution in [0, 0.1) is 5.92 Å². The van der Waals surface area contributed by atoms with Gasteiger partial charge in [0.2, 0.25) is 0 Å². The van der Waals surface area contributed by atoms with Crippen LogP contribution in [0.4, 0.5) is 0 Å². The van der Waals surface area contributed by atoms with Gasteiger partial charge in [-0.3, -0.25) is 4.79 Å². The molecule has 0 aromatic heterocycles. The Balaban J connectivity index is 2.44. The molecule has 2 nitrogen and oxygen atoms in total. The molecule has 68 valence electrons. The first-order valence-electron chi connectivity index (χ1n) is 3.85. The van der Waals surface area contributed by atoms with Crippen LogP contribution in [0.25, 0.3) is 0 Å². The number of hydrogen-bond acceptors (Lipinski definition) is 1. The van der Waals surface area contributed by atoms with Gasteiger partial charge in [0, 0.05) is 0 Å². The summed E-state index contributed by atoms with van der Waals surface area (Å²) in [6.45, 7) is 0. The fraction of sp³-hybridized carbons (Fsp3) is 0.625. The smallest absolute Gasteiger partial charge is 0.253 e. The average Bonchev–Trinajstić information content (AvgIpc) is 2.38. The maximum atomic E-state index is 10.7. The largest absolute Gasteiger partial charge is 0.367 e. The van der Waals surface area contributed by atoms with E-state index in [1.807, 2.05) is 0 Å². The molecule has 4 heteroatoms. The summed E-state index contributed by atoms with van der Waals surface area (Å²) >= 11 is 11.4. The summed E-state index contributed by atoms with van der Waals surface area (Å²) in [4.78, 5) is 10.7. The van der Waals surface area contributed by atoms with Gasteiger partial charge in [-0.05, 0) is 25.2 Å². The molecule has 1 aliphatic rings. The van der Waals surface area contributed by atoms with Gasteiger partial charge in [-0.1, -0.05) is 35.4 Å². The molecule has 2 N–H and O–H groups in total. The second-order valence-electron chi connectivity index (χ2n) is 3.08. The molecule has 0 radical (unpaired) electrons. The summed E-state index contributed by atoms with van der Waals surface area (Å²) in [6, 6.07) is 0. The second-order valence-corrected chi connectivity index (χ2v) is 4.57. The van der Waals surface area contributed by atoms with Crippen LogP contribution < -0.4 is 5.73 Å². The van der Waals surface area contributed by atoms with Crippen LogP contribution in [0.2, 0.25) is 0 Å².